The first-order valence-electron chi connectivity index (χ1n) is 5.50. The Labute approximate surface area is 125 Å². The first-order valence-corrected chi connectivity index (χ1v) is 7.11. The molecule has 0 aliphatic heterocycles. The molecule has 1 N–H and O–H groups in total. The van der Waals surface area contributed by atoms with E-state index < -0.39 is 17.7 Å². The van der Waals surface area contributed by atoms with Crippen LogP contribution in [0.4, 0.5) is 17.6 Å². The highest BCUT2D eigenvalue weighted by Gasteiger charge is 2.37. The number of hydrogen-bond acceptors (Lipinski definition) is 3. The Hall–Kier alpha value is -0.990. The van der Waals surface area contributed by atoms with Gasteiger partial charge in [-0.25, -0.2) is 9.37 Å². The fourth-order valence-electron chi connectivity index (χ4n) is 1.63. The van der Waals surface area contributed by atoms with Crippen molar-refractivity contribution < 1.29 is 17.6 Å². The molecule has 0 saturated carbocycles. The quantitative estimate of drug-likeness (QED) is 0.809. The largest absolute Gasteiger partial charge is 0.434 e. The maximum absolute atomic E-state index is 13.0. The highest BCUT2D eigenvalue weighted by atomic mass is 79.9. The highest BCUT2D eigenvalue weighted by molar-refractivity contribution is 9.10. The highest BCUT2D eigenvalue weighted by Crippen LogP contribution is 2.39. The van der Waals surface area contributed by atoms with E-state index in [0.717, 1.165) is 11.3 Å². The molecule has 0 aliphatic carbocycles. The van der Waals surface area contributed by atoms with Crippen LogP contribution in [-0.4, -0.2) is 12.0 Å². The molecule has 2 aromatic rings. The van der Waals surface area contributed by atoms with E-state index in [9.17, 15) is 17.6 Å². The molecule has 0 fully saturated rings. The zero-order chi connectivity index (χ0) is 14.9. The predicted molar refractivity (Wildman–Crippen MR) is 73.0 cm³/mol. The van der Waals surface area contributed by atoms with E-state index in [0.29, 0.717) is 10.0 Å². The summed E-state index contributed by atoms with van der Waals surface area (Å²) in [4.78, 5) is 3.76. The summed E-state index contributed by atoms with van der Waals surface area (Å²) < 4.78 is 52.1. The lowest BCUT2D eigenvalue weighted by Gasteiger charge is -2.04. The zero-order valence-corrected chi connectivity index (χ0v) is 12.6. The molecule has 20 heavy (non-hydrogen) atoms. The Morgan fingerprint density at radius 3 is 2.60 bits per heavy atom. The molecule has 2 nitrogen and oxygen atoms in total. The second-order valence-corrected chi connectivity index (χ2v) is 5.88. The molecule has 2 rings (SSSR count). The molecule has 0 spiro atoms. The summed E-state index contributed by atoms with van der Waals surface area (Å²) in [5.41, 5.74) is -0.465. The van der Waals surface area contributed by atoms with Gasteiger partial charge in [-0.1, -0.05) is 0 Å². The Bertz CT molecular complexity index is 624. The SMILES string of the molecule is CNCc1sc(-c2ccc(F)cc2Br)nc1C(F)(F)F. The molecule has 1 heterocycles. The summed E-state index contributed by atoms with van der Waals surface area (Å²) >= 11 is 4.07. The number of halogens is 5. The van der Waals surface area contributed by atoms with Crippen molar-refractivity contribution in [2.75, 3.05) is 7.05 Å². The topological polar surface area (TPSA) is 24.9 Å². The Morgan fingerprint density at radius 2 is 2.05 bits per heavy atom. The maximum atomic E-state index is 13.0. The zero-order valence-electron chi connectivity index (χ0n) is 10.2. The standard InChI is InChI=1S/C12H9BrF4N2S/c1-18-5-9-10(12(15,16)17)19-11(20-9)7-3-2-6(14)4-8(7)13/h2-4,18H,5H2,1H3. The third-order valence-electron chi connectivity index (χ3n) is 2.46. The van der Waals surface area contributed by atoms with Crippen LogP contribution in [0.15, 0.2) is 22.7 Å². The van der Waals surface area contributed by atoms with Crippen LogP contribution in [0.5, 0.6) is 0 Å². The van der Waals surface area contributed by atoms with Gasteiger partial charge in [-0.2, -0.15) is 13.2 Å². The van der Waals surface area contributed by atoms with E-state index in [1.165, 1.54) is 18.2 Å². The molecular formula is C12H9BrF4N2S. The second-order valence-electron chi connectivity index (χ2n) is 3.94. The van der Waals surface area contributed by atoms with Crippen LogP contribution >= 0.6 is 27.3 Å². The van der Waals surface area contributed by atoms with Gasteiger partial charge in [0.05, 0.1) is 4.88 Å². The third-order valence-corrected chi connectivity index (χ3v) is 4.21. The molecule has 0 saturated heterocycles. The summed E-state index contributed by atoms with van der Waals surface area (Å²) in [5.74, 6) is -0.469. The molecule has 1 aromatic heterocycles. The molecule has 0 atom stereocenters. The number of nitrogens with one attached hydrogen (secondary N) is 1. The van der Waals surface area contributed by atoms with Gasteiger partial charge in [0.15, 0.2) is 5.69 Å². The minimum atomic E-state index is -4.51. The molecule has 0 aliphatic rings. The summed E-state index contributed by atoms with van der Waals surface area (Å²) in [7, 11) is 1.56. The van der Waals surface area contributed by atoms with Gasteiger partial charge in [-0.15, -0.1) is 11.3 Å². The predicted octanol–water partition coefficient (Wildman–Crippen LogP) is 4.45. The van der Waals surface area contributed by atoms with Crippen molar-refractivity contribution in [3.63, 3.8) is 0 Å². The van der Waals surface area contributed by atoms with Gasteiger partial charge < -0.3 is 5.32 Å². The van der Waals surface area contributed by atoms with Crippen LogP contribution in [0.2, 0.25) is 0 Å². The van der Waals surface area contributed by atoms with Gasteiger partial charge in [-0.05, 0) is 41.2 Å². The van der Waals surface area contributed by atoms with E-state index in [2.05, 4.69) is 26.2 Å². The fourth-order valence-corrected chi connectivity index (χ4v) is 3.43. The van der Waals surface area contributed by atoms with Crippen LogP contribution in [0.3, 0.4) is 0 Å². The molecule has 0 radical (unpaired) electrons. The van der Waals surface area contributed by atoms with E-state index in [1.807, 2.05) is 0 Å². The van der Waals surface area contributed by atoms with Crippen molar-refractivity contribution in [2.45, 2.75) is 12.7 Å². The number of thiazole rings is 1. The van der Waals surface area contributed by atoms with Crippen molar-refractivity contribution in [1.29, 1.82) is 0 Å². The Morgan fingerprint density at radius 1 is 1.35 bits per heavy atom. The number of rotatable bonds is 3. The average molecular weight is 369 g/mol. The number of alkyl halides is 3. The Balaban J connectivity index is 2.53. The first-order chi connectivity index (χ1) is 9.32. The van der Waals surface area contributed by atoms with Crippen molar-refractivity contribution in [3.05, 3.63) is 39.1 Å². The lowest BCUT2D eigenvalue weighted by atomic mass is 10.2. The van der Waals surface area contributed by atoms with Gasteiger partial charge in [0.2, 0.25) is 0 Å². The molecule has 0 unspecified atom stereocenters. The van der Waals surface area contributed by atoms with E-state index in [1.54, 1.807) is 7.05 Å². The van der Waals surface area contributed by atoms with Gasteiger partial charge in [-0.3, -0.25) is 0 Å². The fraction of sp³-hybridized carbons (Fsp3) is 0.250. The molecule has 108 valence electrons. The first kappa shape index (κ1) is 15.4. The molecule has 8 heteroatoms. The number of nitrogens with zero attached hydrogens (tertiary/aromatic N) is 1. The van der Waals surface area contributed by atoms with Crippen LogP contribution in [0, 0.1) is 5.82 Å². The van der Waals surface area contributed by atoms with E-state index >= 15 is 0 Å². The molecule has 0 amide bonds. The monoisotopic (exact) mass is 368 g/mol. The second kappa shape index (κ2) is 5.79. The lowest BCUT2D eigenvalue weighted by Crippen LogP contribution is -2.12. The van der Waals surface area contributed by atoms with Crippen molar-refractivity contribution >= 4 is 27.3 Å². The molecule has 1 aromatic carbocycles. The van der Waals surface area contributed by atoms with E-state index in [4.69, 9.17) is 0 Å². The summed E-state index contributed by atoms with van der Waals surface area (Å²) in [5, 5.41) is 2.89. The van der Waals surface area contributed by atoms with Crippen LogP contribution in [-0.2, 0) is 12.7 Å². The average Bonchev–Trinajstić information content (AvgIpc) is 2.73. The van der Waals surface area contributed by atoms with Crippen LogP contribution < -0.4 is 5.32 Å². The maximum Gasteiger partial charge on any atom is 0.434 e. The summed E-state index contributed by atoms with van der Waals surface area (Å²) in [6.45, 7) is 0.0747. The third kappa shape index (κ3) is 3.18. The lowest BCUT2D eigenvalue weighted by molar-refractivity contribution is -0.141. The molecule has 0 bridgehead atoms. The van der Waals surface area contributed by atoms with Crippen molar-refractivity contribution in [3.8, 4) is 10.6 Å². The van der Waals surface area contributed by atoms with Crippen LogP contribution in [0.1, 0.15) is 10.6 Å². The summed E-state index contributed by atoms with van der Waals surface area (Å²) in [6.07, 6.45) is -4.51. The van der Waals surface area contributed by atoms with Crippen molar-refractivity contribution in [2.24, 2.45) is 0 Å². The van der Waals surface area contributed by atoms with Gasteiger partial charge in [0, 0.05) is 16.6 Å². The minimum absolute atomic E-state index is 0.0747. The smallest absolute Gasteiger partial charge is 0.315 e. The van der Waals surface area contributed by atoms with E-state index in [-0.39, 0.29) is 16.4 Å². The minimum Gasteiger partial charge on any atom is -0.315 e. The van der Waals surface area contributed by atoms with Gasteiger partial charge in [0.1, 0.15) is 10.8 Å². The van der Waals surface area contributed by atoms with Gasteiger partial charge >= 0.3 is 6.18 Å². The summed E-state index contributed by atoms with van der Waals surface area (Å²) in [6, 6.07) is 3.79. The number of benzene rings is 1. The molecular weight excluding hydrogens is 360 g/mol. The van der Waals surface area contributed by atoms with Crippen molar-refractivity contribution in [1.82, 2.24) is 10.3 Å². The van der Waals surface area contributed by atoms with Gasteiger partial charge in [0.25, 0.3) is 0 Å². The number of hydrogen-bond donors (Lipinski definition) is 1. The Kier molecular flexibility index (Phi) is 4.46. The normalized spacial score (nSPS) is 11.9. The van der Waals surface area contributed by atoms with Crippen LogP contribution in [0.25, 0.3) is 10.6 Å². The number of aromatic nitrogens is 1.